The predicted molar refractivity (Wildman–Crippen MR) is 101 cm³/mol. The van der Waals surface area contributed by atoms with E-state index in [-0.39, 0.29) is 5.91 Å². The molecule has 0 aliphatic carbocycles. The van der Waals surface area contributed by atoms with Crippen LogP contribution in [0.4, 0.5) is 0 Å². The SMILES string of the molecule is Cc1ccc(C(=O)NCCSCc2c(Cl)cccc2Cl)c(C)c1. The Morgan fingerprint density at radius 3 is 2.48 bits per heavy atom. The molecule has 0 bridgehead atoms. The summed E-state index contributed by atoms with van der Waals surface area (Å²) in [5.41, 5.74) is 3.83. The van der Waals surface area contributed by atoms with Crippen LogP contribution < -0.4 is 5.32 Å². The summed E-state index contributed by atoms with van der Waals surface area (Å²) < 4.78 is 0. The molecule has 0 radical (unpaired) electrons. The van der Waals surface area contributed by atoms with Gasteiger partial charge in [-0.2, -0.15) is 11.8 Å². The summed E-state index contributed by atoms with van der Waals surface area (Å²) in [7, 11) is 0. The molecule has 0 heterocycles. The summed E-state index contributed by atoms with van der Waals surface area (Å²) in [5.74, 6) is 1.51. The Balaban J connectivity index is 1.78. The van der Waals surface area contributed by atoms with Crippen molar-refractivity contribution in [1.82, 2.24) is 5.32 Å². The van der Waals surface area contributed by atoms with Crippen molar-refractivity contribution >= 4 is 40.9 Å². The van der Waals surface area contributed by atoms with Crippen LogP contribution in [0.15, 0.2) is 36.4 Å². The van der Waals surface area contributed by atoms with E-state index in [1.165, 1.54) is 0 Å². The van der Waals surface area contributed by atoms with Crippen LogP contribution in [0, 0.1) is 13.8 Å². The summed E-state index contributed by atoms with van der Waals surface area (Å²) in [6.45, 7) is 4.58. The molecule has 0 atom stereocenters. The van der Waals surface area contributed by atoms with E-state index in [1.54, 1.807) is 11.8 Å². The molecule has 2 rings (SSSR count). The molecule has 1 N–H and O–H groups in total. The summed E-state index contributed by atoms with van der Waals surface area (Å²) in [4.78, 5) is 12.2. The number of amides is 1. The van der Waals surface area contributed by atoms with Gasteiger partial charge in [-0.3, -0.25) is 4.79 Å². The molecule has 0 spiro atoms. The van der Waals surface area contributed by atoms with Gasteiger partial charge in [0.05, 0.1) is 0 Å². The van der Waals surface area contributed by atoms with Gasteiger partial charge in [-0.1, -0.05) is 47.0 Å². The first-order valence-corrected chi connectivity index (χ1v) is 9.26. The van der Waals surface area contributed by atoms with Gasteiger partial charge in [-0.25, -0.2) is 0 Å². The Morgan fingerprint density at radius 2 is 1.83 bits per heavy atom. The standard InChI is InChI=1S/C18H19Cl2NOS/c1-12-6-7-14(13(2)10-12)18(22)21-8-9-23-11-15-16(19)4-3-5-17(15)20/h3-7,10H,8-9,11H2,1-2H3,(H,21,22). The third-order valence-electron chi connectivity index (χ3n) is 3.47. The number of hydrogen-bond donors (Lipinski definition) is 1. The number of nitrogens with one attached hydrogen (secondary N) is 1. The minimum Gasteiger partial charge on any atom is -0.351 e. The third-order valence-corrected chi connectivity index (χ3v) is 5.16. The van der Waals surface area contributed by atoms with Crippen LogP contribution >= 0.6 is 35.0 Å². The molecule has 1 amide bonds. The lowest BCUT2D eigenvalue weighted by molar-refractivity contribution is 0.0955. The Kier molecular flexibility index (Phi) is 6.82. The second-order valence-corrected chi connectivity index (χ2v) is 7.25. The highest BCUT2D eigenvalue weighted by molar-refractivity contribution is 7.98. The Bertz CT molecular complexity index is 683. The molecule has 2 aromatic rings. The van der Waals surface area contributed by atoms with Crippen molar-refractivity contribution in [1.29, 1.82) is 0 Å². The summed E-state index contributed by atoms with van der Waals surface area (Å²) in [6, 6.07) is 11.4. The van der Waals surface area contributed by atoms with Crippen molar-refractivity contribution in [2.45, 2.75) is 19.6 Å². The fourth-order valence-electron chi connectivity index (χ4n) is 2.24. The first-order valence-electron chi connectivity index (χ1n) is 7.35. The average molecular weight is 368 g/mol. The van der Waals surface area contributed by atoms with Crippen molar-refractivity contribution in [3.63, 3.8) is 0 Å². The lowest BCUT2D eigenvalue weighted by Crippen LogP contribution is -2.26. The number of thioether (sulfide) groups is 1. The third kappa shape index (κ3) is 5.17. The second-order valence-electron chi connectivity index (χ2n) is 5.33. The maximum absolute atomic E-state index is 12.2. The van der Waals surface area contributed by atoms with E-state index < -0.39 is 0 Å². The fourth-order valence-corrected chi connectivity index (χ4v) is 3.84. The van der Waals surface area contributed by atoms with Gasteiger partial charge in [0.2, 0.25) is 0 Å². The zero-order valence-corrected chi connectivity index (χ0v) is 15.5. The number of rotatable bonds is 6. The molecule has 0 aliphatic rings. The van der Waals surface area contributed by atoms with Crippen LogP contribution in [0.5, 0.6) is 0 Å². The molecule has 2 nitrogen and oxygen atoms in total. The number of carbonyl (C=O) groups excluding carboxylic acids is 1. The predicted octanol–water partition coefficient (Wildman–Crippen LogP) is 5.27. The Hall–Kier alpha value is -1.16. The normalized spacial score (nSPS) is 10.6. The number of hydrogen-bond acceptors (Lipinski definition) is 2. The van der Waals surface area contributed by atoms with Gasteiger partial charge in [-0.05, 0) is 43.2 Å². The first kappa shape index (κ1) is 18.2. The minimum absolute atomic E-state index is 0.0288. The maximum atomic E-state index is 12.2. The van der Waals surface area contributed by atoms with Gasteiger partial charge in [-0.15, -0.1) is 0 Å². The molecule has 0 fully saturated rings. The monoisotopic (exact) mass is 367 g/mol. The number of halogens is 2. The maximum Gasteiger partial charge on any atom is 0.251 e. The van der Waals surface area contributed by atoms with E-state index in [9.17, 15) is 4.79 Å². The lowest BCUT2D eigenvalue weighted by atomic mass is 10.1. The Morgan fingerprint density at radius 1 is 1.13 bits per heavy atom. The van der Waals surface area contributed by atoms with E-state index in [0.717, 1.165) is 33.8 Å². The van der Waals surface area contributed by atoms with Crippen molar-refractivity contribution in [3.8, 4) is 0 Å². The largest absolute Gasteiger partial charge is 0.351 e. The van der Waals surface area contributed by atoms with Gasteiger partial charge in [0, 0.05) is 33.7 Å². The highest BCUT2D eigenvalue weighted by atomic mass is 35.5. The molecule has 5 heteroatoms. The minimum atomic E-state index is -0.0288. The number of aryl methyl sites for hydroxylation is 2. The fraction of sp³-hybridized carbons (Fsp3) is 0.278. The van der Waals surface area contributed by atoms with Crippen LogP contribution in [0.1, 0.15) is 27.0 Å². The van der Waals surface area contributed by atoms with Crippen LogP contribution in [-0.2, 0) is 5.75 Å². The van der Waals surface area contributed by atoms with Crippen LogP contribution in [-0.4, -0.2) is 18.2 Å². The molecule has 2 aromatic carbocycles. The zero-order valence-electron chi connectivity index (χ0n) is 13.2. The Labute approximate surface area is 151 Å². The highest BCUT2D eigenvalue weighted by Crippen LogP contribution is 2.27. The van der Waals surface area contributed by atoms with Gasteiger partial charge < -0.3 is 5.32 Å². The summed E-state index contributed by atoms with van der Waals surface area (Å²) in [5, 5.41) is 4.32. The van der Waals surface area contributed by atoms with E-state index in [4.69, 9.17) is 23.2 Å². The molecule has 0 unspecified atom stereocenters. The molecule has 122 valence electrons. The van der Waals surface area contributed by atoms with Crippen LogP contribution in [0.2, 0.25) is 10.0 Å². The van der Waals surface area contributed by atoms with Gasteiger partial charge in [0.1, 0.15) is 0 Å². The molecule has 0 saturated carbocycles. The molecule has 0 aromatic heterocycles. The molecule has 0 saturated heterocycles. The first-order chi connectivity index (χ1) is 11.0. The van der Waals surface area contributed by atoms with E-state index in [2.05, 4.69) is 5.32 Å². The summed E-state index contributed by atoms with van der Waals surface area (Å²) in [6.07, 6.45) is 0. The van der Waals surface area contributed by atoms with Crippen LogP contribution in [0.25, 0.3) is 0 Å². The molecule has 0 aliphatic heterocycles. The van der Waals surface area contributed by atoms with E-state index in [0.29, 0.717) is 16.6 Å². The van der Waals surface area contributed by atoms with E-state index >= 15 is 0 Å². The van der Waals surface area contributed by atoms with E-state index in [1.807, 2.05) is 50.2 Å². The smallest absolute Gasteiger partial charge is 0.251 e. The lowest BCUT2D eigenvalue weighted by Gasteiger charge is -2.09. The zero-order chi connectivity index (χ0) is 16.8. The second kappa shape index (κ2) is 8.62. The van der Waals surface area contributed by atoms with Crippen molar-refractivity contribution < 1.29 is 4.79 Å². The highest BCUT2D eigenvalue weighted by Gasteiger charge is 2.09. The van der Waals surface area contributed by atoms with Crippen molar-refractivity contribution in [2.24, 2.45) is 0 Å². The van der Waals surface area contributed by atoms with Crippen LogP contribution in [0.3, 0.4) is 0 Å². The molecule has 23 heavy (non-hydrogen) atoms. The van der Waals surface area contributed by atoms with Gasteiger partial charge >= 0.3 is 0 Å². The van der Waals surface area contributed by atoms with Crippen molar-refractivity contribution in [2.75, 3.05) is 12.3 Å². The van der Waals surface area contributed by atoms with Gasteiger partial charge in [0.15, 0.2) is 0 Å². The van der Waals surface area contributed by atoms with Crippen molar-refractivity contribution in [3.05, 3.63) is 68.7 Å². The summed E-state index contributed by atoms with van der Waals surface area (Å²) >= 11 is 14.0. The average Bonchev–Trinajstić information content (AvgIpc) is 2.49. The topological polar surface area (TPSA) is 29.1 Å². The van der Waals surface area contributed by atoms with Gasteiger partial charge in [0.25, 0.3) is 5.91 Å². The number of carbonyl (C=O) groups is 1. The molecular formula is C18H19Cl2NOS. The number of benzene rings is 2. The quantitative estimate of drug-likeness (QED) is 0.704. The molecular weight excluding hydrogens is 349 g/mol.